The number of aliphatic imine (C=N–C) groups is 1. The number of phenols is 1. The highest BCUT2D eigenvalue weighted by Gasteiger charge is 2.28. The molecular formula is C22H15NO5S. The van der Waals surface area contributed by atoms with Crippen LogP contribution in [0.2, 0.25) is 0 Å². The summed E-state index contributed by atoms with van der Waals surface area (Å²) >= 11 is 4.63. The highest BCUT2D eigenvalue weighted by Crippen LogP contribution is 2.44. The molecule has 0 aromatic heterocycles. The number of thiocarbonyl (C=S) groups is 1. The first-order valence-electron chi connectivity index (χ1n) is 8.74. The molecule has 2 aromatic carbocycles. The number of phenolic OH excluding ortho intramolecular Hbond substituents is 1. The van der Waals surface area contributed by atoms with Crippen LogP contribution in [0.25, 0.3) is 5.57 Å². The molecule has 0 amide bonds. The Morgan fingerprint density at radius 1 is 1.14 bits per heavy atom. The lowest BCUT2D eigenvalue weighted by molar-refractivity contribution is 0.0696. The maximum absolute atomic E-state index is 12.0. The molecule has 2 aliphatic rings. The monoisotopic (exact) mass is 405 g/mol. The molecule has 0 fully saturated rings. The molecule has 0 aliphatic carbocycles. The summed E-state index contributed by atoms with van der Waals surface area (Å²) in [7, 11) is 0. The van der Waals surface area contributed by atoms with Gasteiger partial charge in [0.05, 0.1) is 29.6 Å². The highest BCUT2D eigenvalue weighted by atomic mass is 32.1. The summed E-state index contributed by atoms with van der Waals surface area (Å²) < 4.78 is 11.4. The van der Waals surface area contributed by atoms with Gasteiger partial charge in [-0.15, -0.1) is 0 Å². The van der Waals surface area contributed by atoms with Gasteiger partial charge in [0.15, 0.2) is 0 Å². The van der Waals surface area contributed by atoms with Crippen LogP contribution in [0.1, 0.15) is 21.5 Å². The Morgan fingerprint density at radius 3 is 2.76 bits per heavy atom. The molecule has 7 heteroatoms. The van der Waals surface area contributed by atoms with Gasteiger partial charge in [-0.25, -0.2) is 4.79 Å². The number of benzene rings is 2. The average Bonchev–Trinajstić information content (AvgIpc) is 2.68. The first-order valence-corrected chi connectivity index (χ1v) is 9.15. The van der Waals surface area contributed by atoms with E-state index < -0.39 is 5.97 Å². The van der Waals surface area contributed by atoms with Gasteiger partial charge in [0.1, 0.15) is 17.3 Å². The fourth-order valence-electron chi connectivity index (χ4n) is 3.34. The third-order valence-electron chi connectivity index (χ3n) is 4.55. The van der Waals surface area contributed by atoms with E-state index in [0.717, 1.165) is 5.57 Å². The normalized spacial score (nSPS) is 16.2. The van der Waals surface area contributed by atoms with Crippen molar-refractivity contribution in [3.63, 3.8) is 0 Å². The highest BCUT2D eigenvalue weighted by molar-refractivity contribution is 7.78. The number of hydrogen-bond acceptors (Lipinski definition) is 6. The zero-order chi connectivity index (χ0) is 20.4. The predicted molar refractivity (Wildman–Crippen MR) is 111 cm³/mol. The number of hydrogen-bond donors (Lipinski definition) is 2. The molecule has 2 aromatic rings. The van der Waals surface area contributed by atoms with Gasteiger partial charge < -0.3 is 19.7 Å². The number of ether oxygens (including phenoxy) is 2. The predicted octanol–water partition coefficient (Wildman–Crippen LogP) is 4.49. The van der Waals surface area contributed by atoms with Crippen molar-refractivity contribution in [1.82, 2.24) is 0 Å². The summed E-state index contributed by atoms with van der Waals surface area (Å²) in [5.74, 6) is -0.0772. The van der Waals surface area contributed by atoms with Gasteiger partial charge in [0.2, 0.25) is 0 Å². The molecule has 0 bridgehead atoms. The lowest BCUT2D eigenvalue weighted by Gasteiger charge is -2.26. The van der Waals surface area contributed by atoms with Crippen molar-refractivity contribution in [3.8, 4) is 11.5 Å². The second kappa shape index (κ2) is 7.85. The van der Waals surface area contributed by atoms with E-state index in [9.17, 15) is 15.0 Å². The molecule has 0 saturated carbocycles. The summed E-state index contributed by atoms with van der Waals surface area (Å²) in [5.41, 5.74) is 3.08. The number of carbonyl (C=O) groups is 1. The number of carboxylic acids is 1. The maximum atomic E-state index is 12.0. The Morgan fingerprint density at radius 2 is 1.97 bits per heavy atom. The average molecular weight is 405 g/mol. The maximum Gasteiger partial charge on any atom is 0.336 e. The first-order chi connectivity index (χ1) is 14.1. The van der Waals surface area contributed by atoms with E-state index in [1.807, 2.05) is 12.2 Å². The quantitative estimate of drug-likeness (QED) is 0.578. The van der Waals surface area contributed by atoms with Gasteiger partial charge in [-0.3, -0.25) is 0 Å². The lowest BCUT2D eigenvalue weighted by Crippen LogP contribution is -2.14. The number of carboxylic acid groups (broad SMARTS) is 1. The molecule has 0 saturated heterocycles. The Bertz CT molecular complexity index is 1160. The lowest BCUT2D eigenvalue weighted by atomic mass is 9.86. The molecule has 2 heterocycles. The third kappa shape index (κ3) is 3.62. The Labute approximate surface area is 171 Å². The van der Waals surface area contributed by atoms with Gasteiger partial charge in [0, 0.05) is 22.8 Å². The third-order valence-corrected chi connectivity index (χ3v) is 4.64. The number of nitrogens with zero attached hydrogens (tertiary/aromatic N) is 1. The van der Waals surface area contributed by atoms with Crippen LogP contribution in [0.15, 0.2) is 71.0 Å². The largest absolute Gasteiger partial charge is 0.508 e. The standard InChI is InChI=1S/C22H15NO5S/c24-14-4-6-17-20(11-14)28-19-7-9-27-8-1-2-16(19)21(17)15-5-3-13(23-12-29)10-18(15)22(25)26/h1-7,10-11,24H,8-9H2,(H,25,26)/b2-1-,19-7?. The fourth-order valence-corrected chi connectivity index (χ4v) is 3.44. The van der Waals surface area contributed by atoms with Gasteiger partial charge in [-0.2, -0.15) is 4.99 Å². The molecule has 144 valence electrons. The van der Waals surface area contributed by atoms with E-state index in [-0.39, 0.29) is 11.3 Å². The molecule has 2 N–H and O–H groups in total. The van der Waals surface area contributed by atoms with Crippen molar-refractivity contribution >= 4 is 34.6 Å². The minimum atomic E-state index is -1.09. The SMILES string of the molecule is O=C(O)c1cc(N=C=S)ccc1C1=C2/C=C\COCC=C2Oc2cc(O)ccc21. The summed E-state index contributed by atoms with van der Waals surface area (Å²) in [6.45, 7) is 0.774. The van der Waals surface area contributed by atoms with Crippen molar-refractivity contribution in [2.75, 3.05) is 13.2 Å². The van der Waals surface area contributed by atoms with E-state index in [4.69, 9.17) is 9.47 Å². The van der Waals surface area contributed by atoms with Gasteiger partial charge in [-0.1, -0.05) is 18.2 Å². The minimum Gasteiger partial charge on any atom is -0.508 e. The van der Waals surface area contributed by atoms with Gasteiger partial charge >= 0.3 is 5.97 Å². The molecule has 0 unspecified atom stereocenters. The number of aromatic hydroxyl groups is 1. The number of aromatic carboxylic acids is 1. The van der Waals surface area contributed by atoms with Crippen LogP contribution in [-0.2, 0) is 4.74 Å². The molecule has 29 heavy (non-hydrogen) atoms. The number of rotatable bonds is 3. The van der Waals surface area contributed by atoms with Crippen LogP contribution in [-0.4, -0.2) is 34.6 Å². The van der Waals surface area contributed by atoms with Crippen LogP contribution < -0.4 is 4.74 Å². The van der Waals surface area contributed by atoms with Crippen LogP contribution in [0.5, 0.6) is 11.5 Å². The van der Waals surface area contributed by atoms with E-state index in [0.29, 0.717) is 47.1 Å². The van der Waals surface area contributed by atoms with Crippen molar-refractivity contribution in [1.29, 1.82) is 0 Å². The molecule has 4 rings (SSSR count). The summed E-state index contributed by atoms with van der Waals surface area (Å²) in [5, 5.41) is 22.0. The minimum absolute atomic E-state index is 0.0499. The van der Waals surface area contributed by atoms with E-state index in [1.54, 1.807) is 30.3 Å². The van der Waals surface area contributed by atoms with Crippen molar-refractivity contribution in [2.45, 2.75) is 0 Å². The molecule has 0 radical (unpaired) electrons. The van der Waals surface area contributed by atoms with E-state index in [2.05, 4.69) is 22.4 Å². The van der Waals surface area contributed by atoms with Crippen LogP contribution in [0.3, 0.4) is 0 Å². The second-order valence-electron chi connectivity index (χ2n) is 6.32. The van der Waals surface area contributed by atoms with Crippen LogP contribution >= 0.6 is 12.2 Å². The van der Waals surface area contributed by atoms with E-state index in [1.165, 1.54) is 12.1 Å². The molecule has 2 aliphatic heterocycles. The number of isothiocyanates is 1. The Kier molecular flexibility index (Phi) is 5.10. The van der Waals surface area contributed by atoms with Crippen LogP contribution in [0, 0.1) is 0 Å². The fraction of sp³-hybridized carbons (Fsp3) is 0.0909. The van der Waals surface area contributed by atoms with Crippen molar-refractivity contribution < 1.29 is 24.5 Å². The topological polar surface area (TPSA) is 88.4 Å². The van der Waals surface area contributed by atoms with Gasteiger partial charge in [-0.05, 0) is 48.1 Å². The van der Waals surface area contributed by atoms with Crippen molar-refractivity contribution in [2.24, 2.45) is 4.99 Å². The van der Waals surface area contributed by atoms with Crippen molar-refractivity contribution in [3.05, 3.63) is 82.6 Å². The van der Waals surface area contributed by atoms with Gasteiger partial charge in [0.25, 0.3) is 0 Å². The second-order valence-corrected chi connectivity index (χ2v) is 6.50. The Hall–Kier alpha value is -3.51. The summed E-state index contributed by atoms with van der Waals surface area (Å²) in [4.78, 5) is 15.9. The Balaban J connectivity index is 2.05. The number of allylic oxidation sites excluding steroid dienone is 1. The molecule has 0 spiro atoms. The summed E-state index contributed by atoms with van der Waals surface area (Å²) in [6, 6.07) is 9.59. The zero-order valence-corrected chi connectivity index (χ0v) is 15.9. The smallest absolute Gasteiger partial charge is 0.336 e. The number of fused-ring (bicyclic) bond motifs is 2. The zero-order valence-electron chi connectivity index (χ0n) is 15.1. The van der Waals surface area contributed by atoms with E-state index >= 15 is 0 Å². The molecule has 0 atom stereocenters. The summed E-state index contributed by atoms with van der Waals surface area (Å²) in [6.07, 6.45) is 5.49. The molecular weight excluding hydrogens is 390 g/mol. The molecule has 6 nitrogen and oxygen atoms in total. The van der Waals surface area contributed by atoms with Crippen LogP contribution in [0.4, 0.5) is 5.69 Å². The first kappa shape index (κ1) is 18.8.